The summed E-state index contributed by atoms with van der Waals surface area (Å²) in [5.41, 5.74) is 0.242. The highest BCUT2D eigenvalue weighted by molar-refractivity contribution is 7.90. The van der Waals surface area contributed by atoms with Crippen LogP contribution in [0.5, 0.6) is 0 Å². The highest BCUT2D eigenvalue weighted by atomic mass is 35.5. The number of rotatable bonds is 2. The largest absolute Gasteiger partial charge is 0.336 e. The summed E-state index contributed by atoms with van der Waals surface area (Å²) in [5.74, 6) is -0.225. The first-order chi connectivity index (χ1) is 8.89. The number of carbonyl (C=O) groups excluding carboxylic acids is 1. The molecule has 0 spiro atoms. The molecule has 0 saturated carbocycles. The third kappa shape index (κ3) is 3.85. The molecule has 0 aromatic heterocycles. The molecule has 1 aromatic rings. The maximum absolute atomic E-state index is 12.3. The van der Waals surface area contributed by atoms with Gasteiger partial charge < -0.3 is 10.2 Å². The Bertz CT molecular complexity index is 599. The molecule has 0 radical (unpaired) electrons. The molecule has 1 fully saturated rings. The first-order valence-corrected chi connectivity index (χ1v) is 8.16. The summed E-state index contributed by atoms with van der Waals surface area (Å²) in [6.45, 7) is 2.65. The number of carbonyl (C=O) groups is 1. The zero-order valence-electron chi connectivity index (χ0n) is 10.9. The lowest BCUT2D eigenvalue weighted by molar-refractivity contribution is 0.0735. The van der Waals surface area contributed by atoms with E-state index in [1.165, 1.54) is 18.2 Å². The Labute approximate surface area is 129 Å². The van der Waals surface area contributed by atoms with Crippen molar-refractivity contribution in [2.24, 2.45) is 0 Å². The number of nitrogens with zero attached hydrogens (tertiary/aromatic N) is 1. The van der Waals surface area contributed by atoms with E-state index in [1.807, 2.05) is 0 Å². The highest BCUT2D eigenvalue weighted by Gasteiger charge is 2.21. The predicted molar refractivity (Wildman–Crippen MR) is 80.6 cm³/mol. The van der Waals surface area contributed by atoms with Crippen molar-refractivity contribution in [2.45, 2.75) is 4.90 Å². The minimum Gasteiger partial charge on any atom is -0.336 e. The summed E-state index contributed by atoms with van der Waals surface area (Å²) < 4.78 is 23.0. The average molecular weight is 339 g/mol. The summed E-state index contributed by atoms with van der Waals surface area (Å²) >= 11 is 6.00. The summed E-state index contributed by atoms with van der Waals surface area (Å²) in [5, 5.41) is 3.42. The highest BCUT2D eigenvalue weighted by Crippen LogP contribution is 2.22. The Morgan fingerprint density at radius 2 is 1.90 bits per heavy atom. The molecule has 20 heavy (non-hydrogen) atoms. The van der Waals surface area contributed by atoms with E-state index in [1.54, 1.807) is 4.90 Å². The Kier molecular flexibility index (Phi) is 5.82. The van der Waals surface area contributed by atoms with E-state index in [-0.39, 0.29) is 33.8 Å². The van der Waals surface area contributed by atoms with Crippen molar-refractivity contribution in [3.8, 4) is 0 Å². The molecule has 8 heteroatoms. The van der Waals surface area contributed by atoms with Crippen molar-refractivity contribution in [3.63, 3.8) is 0 Å². The summed E-state index contributed by atoms with van der Waals surface area (Å²) in [6.07, 6.45) is 1.11. The van der Waals surface area contributed by atoms with Gasteiger partial charge in [0.15, 0.2) is 9.84 Å². The number of halogens is 2. The van der Waals surface area contributed by atoms with Gasteiger partial charge in [0.05, 0.1) is 15.5 Å². The van der Waals surface area contributed by atoms with Crippen molar-refractivity contribution >= 4 is 39.8 Å². The molecule has 2 rings (SSSR count). The number of hydrogen-bond donors (Lipinski definition) is 1. The molecule has 1 amide bonds. The molecule has 0 atom stereocenters. The van der Waals surface area contributed by atoms with E-state index in [0.717, 1.165) is 19.3 Å². The Hall–Kier alpha value is -0.820. The molecular weight excluding hydrogens is 323 g/mol. The number of piperazine rings is 1. The van der Waals surface area contributed by atoms with Crippen LogP contribution < -0.4 is 5.32 Å². The molecule has 1 saturated heterocycles. The van der Waals surface area contributed by atoms with Crippen LogP contribution in [-0.4, -0.2) is 51.7 Å². The van der Waals surface area contributed by atoms with E-state index < -0.39 is 9.84 Å². The summed E-state index contributed by atoms with van der Waals surface area (Å²) in [7, 11) is -3.35. The second-order valence-corrected chi connectivity index (χ2v) is 6.88. The molecule has 0 aliphatic carbocycles. The Balaban J connectivity index is 0.00000200. The number of benzene rings is 1. The summed E-state index contributed by atoms with van der Waals surface area (Å²) in [4.78, 5) is 14.1. The van der Waals surface area contributed by atoms with Crippen molar-refractivity contribution in [1.82, 2.24) is 10.2 Å². The van der Waals surface area contributed by atoms with Gasteiger partial charge in [-0.1, -0.05) is 11.6 Å². The fraction of sp³-hybridized carbons (Fsp3) is 0.417. The first kappa shape index (κ1) is 17.2. The lowest BCUT2D eigenvalue weighted by Gasteiger charge is -2.27. The Morgan fingerprint density at radius 1 is 1.30 bits per heavy atom. The van der Waals surface area contributed by atoms with Gasteiger partial charge in [0.25, 0.3) is 5.91 Å². The fourth-order valence-electron chi connectivity index (χ4n) is 1.94. The van der Waals surface area contributed by atoms with Gasteiger partial charge >= 0.3 is 0 Å². The molecule has 1 aliphatic heterocycles. The minimum absolute atomic E-state index is 0. The lowest BCUT2D eigenvalue weighted by Crippen LogP contribution is -2.46. The quantitative estimate of drug-likeness (QED) is 0.880. The molecule has 1 heterocycles. The van der Waals surface area contributed by atoms with E-state index in [4.69, 9.17) is 11.6 Å². The monoisotopic (exact) mass is 338 g/mol. The van der Waals surface area contributed by atoms with Gasteiger partial charge in [-0.15, -0.1) is 12.4 Å². The lowest BCUT2D eigenvalue weighted by atomic mass is 10.2. The number of sulfone groups is 1. The van der Waals surface area contributed by atoms with Crippen LogP contribution in [0.4, 0.5) is 0 Å². The molecule has 0 unspecified atom stereocenters. The molecule has 1 N–H and O–H groups in total. The molecule has 1 aromatic carbocycles. The second-order valence-electron chi connectivity index (χ2n) is 4.46. The number of amides is 1. The van der Waals surface area contributed by atoms with Crippen LogP contribution in [-0.2, 0) is 9.84 Å². The van der Waals surface area contributed by atoms with Gasteiger partial charge in [-0.3, -0.25) is 4.79 Å². The van der Waals surface area contributed by atoms with Crippen molar-refractivity contribution < 1.29 is 13.2 Å². The topological polar surface area (TPSA) is 66.5 Å². The van der Waals surface area contributed by atoms with Gasteiger partial charge in [0, 0.05) is 32.4 Å². The standard InChI is InChI=1S/C12H15ClN2O3S.ClH/c1-19(17,18)9-2-3-11(13)10(8-9)12(16)15-6-4-14-5-7-15;/h2-3,8,14H,4-7H2,1H3;1H. The van der Waals surface area contributed by atoms with Crippen LogP contribution in [0.1, 0.15) is 10.4 Å². The van der Waals surface area contributed by atoms with Gasteiger partial charge in [-0.2, -0.15) is 0 Å². The van der Waals surface area contributed by atoms with Crippen molar-refractivity contribution in [2.75, 3.05) is 32.4 Å². The smallest absolute Gasteiger partial charge is 0.255 e. The van der Waals surface area contributed by atoms with Crippen LogP contribution in [0.15, 0.2) is 23.1 Å². The van der Waals surface area contributed by atoms with E-state index in [2.05, 4.69) is 5.32 Å². The predicted octanol–water partition coefficient (Wildman–Crippen LogP) is 1.21. The van der Waals surface area contributed by atoms with Gasteiger partial charge in [-0.25, -0.2) is 8.42 Å². The van der Waals surface area contributed by atoms with Crippen LogP contribution in [0.2, 0.25) is 5.02 Å². The van der Waals surface area contributed by atoms with Crippen molar-refractivity contribution in [1.29, 1.82) is 0 Å². The van der Waals surface area contributed by atoms with Gasteiger partial charge in [-0.05, 0) is 18.2 Å². The third-order valence-corrected chi connectivity index (χ3v) is 4.44. The normalized spacial score (nSPS) is 15.6. The van der Waals surface area contributed by atoms with Gasteiger partial charge in [0.1, 0.15) is 0 Å². The van der Waals surface area contributed by atoms with Crippen LogP contribution in [0.25, 0.3) is 0 Å². The van der Waals surface area contributed by atoms with E-state index in [9.17, 15) is 13.2 Å². The van der Waals surface area contributed by atoms with Crippen LogP contribution >= 0.6 is 24.0 Å². The molecule has 0 bridgehead atoms. The van der Waals surface area contributed by atoms with Gasteiger partial charge in [0.2, 0.25) is 0 Å². The number of hydrogen-bond acceptors (Lipinski definition) is 4. The third-order valence-electron chi connectivity index (χ3n) is 3.00. The zero-order valence-corrected chi connectivity index (χ0v) is 13.3. The average Bonchev–Trinajstić information content (AvgIpc) is 2.38. The van der Waals surface area contributed by atoms with Crippen LogP contribution in [0, 0.1) is 0 Å². The van der Waals surface area contributed by atoms with E-state index in [0.29, 0.717) is 13.1 Å². The maximum atomic E-state index is 12.3. The molecule has 112 valence electrons. The minimum atomic E-state index is -3.35. The first-order valence-electron chi connectivity index (χ1n) is 5.89. The maximum Gasteiger partial charge on any atom is 0.255 e. The Morgan fingerprint density at radius 3 is 2.45 bits per heavy atom. The van der Waals surface area contributed by atoms with Crippen molar-refractivity contribution in [3.05, 3.63) is 28.8 Å². The molecular formula is C12H16Cl2N2O3S. The van der Waals surface area contributed by atoms with Crippen LogP contribution in [0.3, 0.4) is 0 Å². The van der Waals surface area contributed by atoms with E-state index >= 15 is 0 Å². The zero-order chi connectivity index (χ0) is 14.0. The number of nitrogens with one attached hydrogen (secondary N) is 1. The molecule has 5 nitrogen and oxygen atoms in total. The second kappa shape index (κ2) is 6.76. The fourth-order valence-corrected chi connectivity index (χ4v) is 2.78. The SMILES string of the molecule is CS(=O)(=O)c1ccc(Cl)c(C(=O)N2CCNCC2)c1.Cl. The molecule has 1 aliphatic rings. The summed E-state index contributed by atoms with van der Waals surface area (Å²) in [6, 6.07) is 4.21.